The third kappa shape index (κ3) is 3.10. The lowest BCUT2D eigenvalue weighted by Crippen LogP contribution is -2.03. The smallest absolute Gasteiger partial charge is 0.134 e. The number of halogens is 1. The van der Waals surface area contributed by atoms with Crippen LogP contribution >= 0.6 is 15.9 Å². The number of rotatable bonds is 3. The zero-order valence-corrected chi connectivity index (χ0v) is 13.0. The summed E-state index contributed by atoms with van der Waals surface area (Å²) < 4.78 is 0.726. The first-order valence-electron chi connectivity index (χ1n) is 6.27. The van der Waals surface area contributed by atoms with Gasteiger partial charge in [-0.2, -0.15) is 0 Å². The standard InChI is InChI=1S/C16H18BrNO/c1-10-7-11(2)15(12(3)8-10)18-9-13-5-4-6-14(17)16(13)19/h4-8,18-19H,9H2,1-3H3. The molecule has 0 aromatic heterocycles. The molecule has 0 spiro atoms. The normalized spacial score (nSPS) is 10.5. The molecule has 0 amide bonds. The quantitative estimate of drug-likeness (QED) is 0.860. The maximum Gasteiger partial charge on any atom is 0.134 e. The van der Waals surface area contributed by atoms with Crippen molar-refractivity contribution in [3.8, 4) is 5.75 Å². The zero-order valence-electron chi connectivity index (χ0n) is 11.4. The second kappa shape index (κ2) is 5.66. The van der Waals surface area contributed by atoms with Gasteiger partial charge in [-0.1, -0.05) is 29.8 Å². The molecule has 0 aliphatic heterocycles. The Morgan fingerprint density at radius 1 is 1.11 bits per heavy atom. The summed E-state index contributed by atoms with van der Waals surface area (Å²) in [6.07, 6.45) is 0. The van der Waals surface area contributed by atoms with Crippen LogP contribution in [-0.4, -0.2) is 5.11 Å². The Labute approximate surface area is 122 Å². The van der Waals surface area contributed by atoms with Crippen LogP contribution in [0.1, 0.15) is 22.3 Å². The van der Waals surface area contributed by atoms with Gasteiger partial charge in [-0.05, 0) is 53.9 Å². The van der Waals surface area contributed by atoms with E-state index in [1.54, 1.807) is 0 Å². The minimum absolute atomic E-state index is 0.303. The number of phenols is 1. The van der Waals surface area contributed by atoms with Crippen LogP contribution in [0.15, 0.2) is 34.8 Å². The van der Waals surface area contributed by atoms with E-state index >= 15 is 0 Å². The highest BCUT2D eigenvalue weighted by Crippen LogP contribution is 2.29. The molecule has 0 fully saturated rings. The van der Waals surface area contributed by atoms with Gasteiger partial charge in [0.05, 0.1) is 4.47 Å². The van der Waals surface area contributed by atoms with Crippen molar-refractivity contribution in [1.82, 2.24) is 0 Å². The number of para-hydroxylation sites is 1. The number of anilines is 1. The van der Waals surface area contributed by atoms with Gasteiger partial charge < -0.3 is 10.4 Å². The summed E-state index contributed by atoms with van der Waals surface area (Å²) in [6, 6.07) is 10.0. The van der Waals surface area contributed by atoms with Crippen LogP contribution in [0.3, 0.4) is 0 Å². The van der Waals surface area contributed by atoms with Crippen molar-refractivity contribution in [2.75, 3.05) is 5.32 Å². The highest BCUT2D eigenvalue weighted by molar-refractivity contribution is 9.10. The van der Waals surface area contributed by atoms with Crippen molar-refractivity contribution in [1.29, 1.82) is 0 Å². The summed E-state index contributed by atoms with van der Waals surface area (Å²) in [7, 11) is 0. The van der Waals surface area contributed by atoms with E-state index in [-0.39, 0.29) is 0 Å². The monoisotopic (exact) mass is 319 g/mol. The maximum atomic E-state index is 9.97. The lowest BCUT2D eigenvalue weighted by atomic mass is 10.0. The molecule has 0 saturated carbocycles. The summed E-state index contributed by atoms with van der Waals surface area (Å²) in [5.41, 5.74) is 5.75. The van der Waals surface area contributed by atoms with E-state index in [2.05, 4.69) is 54.2 Å². The average molecular weight is 320 g/mol. The Kier molecular flexibility index (Phi) is 4.15. The molecule has 19 heavy (non-hydrogen) atoms. The summed E-state index contributed by atoms with van der Waals surface area (Å²) in [5.74, 6) is 0.303. The lowest BCUT2D eigenvalue weighted by Gasteiger charge is -2.15. The fourth-order valence-corrected chi connectivity index (χ4v) is 2.75. The van der Waals surface area contributed by atoms with Gasteiger partial charge in [0, 0.05) is 17.8 Å². The van der Waals surface area contributed by atoms with Gasteiger partial charge in [0.2, 0.25) is 0 Å². The number of phenolic OH excluding ortho intramolecular Hbond substituents is 1. The number of benzene rings is 2. The van der Waals surface area contributed by atoms with Gasteiger partial charge in [-0.15, -0.1) is 0 Å². The molecule has 2 aromatic carbocycles. The Morgan fingerprint density at radius 2 is 1.74 bits per heavy atom. The third-order valence-electron chi connectivity index (χ3n) is 3.20. The van der Waals surface area contributed by atoms with E-state index in [9.17, 15) is 5.11 Å². The molecule has 100 valence electrons. The van der Waals surface area contributed by atoms with Gasteiger partial charge in [0.25, 0.3) is 0 Å². The molecule has 2 N–H and O–H groups in total. The predicted octanol–water partition coefficient (Wildman–Crippen LogP) is 4.69. The Hall–Kier alpha value is -1.48. The first-order valence-corrected chi connectivity index (χ1v) is 7.06. The lowest BCUT2D eigenvalue weighted by molar-refractivity contribution is 0.465. The van der Waals surface area contributed by atoms with Gasteiger partial charge in [-0.3, -0.25) is 0 Å². The molecule has 0 saturated heterocycles. The van der Waals surface area contributed by atoms with Crippen molar-refractivity contribution in [2.45, 2.75) is 27.3 Å². The van der Waals surface area contributed by atoms with Crippen molar-refractivity contribution < 1.29 is 5.11 Å². The molecule has 0 aliphatic carbocycles. The molecule has 2 aromatic rings. The highest BCUT2D eigenvalue weighted by atomic mass is 79.9. The highest BCUT2D eigenvalue weighted by Gasteiger charge is 2.07. The van der Waals surface area contributed by atoms with Crippen LogP contribution < -0.4 is 5.32 Å². The van der Waals surface area contributed by atoms with E-state index < -0.39 is 0 Å². The van der Waals surface area contributed by atoms with Crippen LogP contribution in [0.4, 0.5) is 5.69 Å². The third-order valence-corrected chi connectivity index (χ3v) is 3.84. The second-order valence-corrected chi connectivity index (χ2v) is 5.73. The molecule has 2 nitrogen and oxygen atoms in total. The van der Waals surface area contributed by atoms with Crippen LogP contribution in [-0.2, 0) is 6.54 Å². The molecule has 0 unspecified atom stereocenters. The molecule has 3 heteroatoms. The number of nitrogens with one attached hydrogen (secondary N) is 1. The van der Waals surface area contributed by atoms with Gasteiger partial charge in [0.1, 0.15) is 5.75 Å². The molecule has 0 heterocycles. The minimum Gasteiger partial charge on any atom is -0.506 e. The molecule has 2 rings (SSSR count). The van der Waals surface area contributed by atoms with Crippen molar-refractivity contribution in [2.24, 2.45) is 0 Å². The van der Waals surface area contributed by atoms with Gasteiger partial charge in [-0.25, -0.2) is 0 Å². The first-order chi connectivity index (χ1) is 8.99. The topological polar surface area (TPSA) is 32.3 Å². The molecule has 0 bridgehead atoms. The molecule has 0 atom stereocenters. The van der Waals surface area contributed by atoms with E-state index in [0.29, 0.717) is 12.3 Å². The van der Waals surface area contributed by atoms with Gasteiger partial charge >= 0.3 is 0 Å². The second-order valence-electron chi connectivity index (χ2n) is 4.87. The SMILES string of the molecule is Cc1cc(C)c(NCc2cccc(Br)c2O)c(C)c1. The Balaban J connectivity index is 2.22. The summed E-state index contributed by atoms with van der Waals surface area (Å²) in [4.78, 5) is 0. The van der Waals surface area contributed by atoms with Crippen LogP contribution in [0.2, 0.25) is 0 Å². The minimum atomic E-state index is 0.303. The van der Waals surface area contributed by atoms with E-state index in [1.807, 2.05) is 18.2 Å². The molecule has 0 radical (unpaired) electrons. The van der Waals surface area contributed by atoms with Crippen molar-refractivity contribution in [3.63, 3.8) is 0 Å². The fraction of sp³-hybridized carbons (Fsp3) is 0.250. The predicted molar refractivity (Wildman–Crippen MR) is 83.8 cm³/mol. The summed E-state index contributed by atoms with van der Waals surface area (Å²) in [5, 5.41) is 13.4. The summed E-state index contributed by atoms with van der Waals surface area (Å²) in [6.45, 7) is 6.91. The average Bonchev–Trinajstić information content (AvgIpc) is 2.33. The zero-order chi connectivity index (χ0) is 14.0. The molecular weight excluding hydrogens is 302 g/mol. The maximum absolute atomic E-state index is 9.97. The van der Waals surface area contributed by atoms with E-state index in [0.717, 1.165) is 15.7 Å². The van der Waals surface area contributed by atoms with E-state index in [4.69, 9.17) is 0 Å². The van der Waals surface area contributed by atoms with Crippen molar-refractivity contribution >= 4 is 21.6 Å². The van der Waals surface area contributed by atoms with Crippen LogP contribution in [0.25, 0.3) is 0 Å². The van der Waals surface area contributed by atoms with Crippen LogP contribution in [0.5, 0.6) is 5.75 Å². The fourth-order valence-electron chi connectivity index (χ4n) is 2.35. The first kappa shape index (κ1) is 13.9. The van der Waals surface area contributed by atoms with Crippen molar-refractivity contribution in [3.05, 3.63) is 57.1 Å². The molecular formula is C16H18BrNO. The number of aryl methyl sites for hydroxylation is 3. The number of aromatic hydroxyl groups is 1. The number of hydrogen-bond donors (Lipinski definition) is 2. The molecule has 0 aliphatic rings. The largest absolute Gasteiger partial charge is 0.506 e. The summed E-state index contributed by atoms with van der Waals surface area (Å²) >= 11 is 3.33. The van der Waals surface area contributed by atoms with Crippen LogP contribution in [0, 0.1) is 20.8 Å². The Bertz CT molecular complexity index is 585. The number of hydrogen-bond acceptors (Lipinski definition) is 2. The van der Waals surface area contributed by atoms with E-state index in [1.165, 1.54) is 16.7 Å². The Morgan fingerprint density at radius 3 is 2.37 bits per heavy atom. The van der Waals surface area contributed by atoms with Gasteiger partial charge in [0.15, 0.2) is 0 Å².